The van der Waals surface area contributed by atoms with E-state index in [1.807, 2.05) is 12.1 Å². The molecule has 7 heteroatoms. The predicted octanol–water partition coefficient (Wildman–Crippen LogP) is 1.35. The van der Waals surface area contributed by atoms with Crippen LogP contribution in [0.3, 0.4) is 0 Å². The van der Waals surface area contributed by atoms with Gasteiger partial charge in [-0.15, -0.1) is 0 Å². The molecule has 0 aliphatic carbocycles. The summed E-state index contributed by atoms with van der Waals surface area (Å²) < 4.78 is 6.77. The van der Waals surface area contributed by atoms with Crippen LogP contribution >= 0.6 is 0 Å². The Labute approximate surface area is 148 Å². The Morgan fingerprint density at radius 2 is 1.76 bits per heavy atom. The highest BCUT2D eigenvalue weighted by atomic mass is 16.5. The minimum absolute atomic E-state index is 0.0306. The minimum Gasteiger partial charge on any atom is -0.360 e. The first-order valence-electron chi connectivity index (χ1n) is 8.85. The Hall–Kier alpha value is -1.99. The molecule has 0 unspecified atom stereocenters. The smallest absolute Gasteiger partial charge is 0.266 e. The first kappa shape index (κ1) is 17.8. The summed E-state index contributed by atoms with van der Waals surface area (Å²) in [6, 6.07) is 5.37. The molecule has 0 aromatic carbocycles. The third-order valence-corrected chi connectivity index (χ3v) is 4.60. The summed E-state index contributed by atoms with van der Waals surface area (Å²) in [5, 5.41) is 8.29. The molecule has 0 spiro atoms. The zero-order valence-electron chi connectivity index (χ0n) is 15.3. The molecule has 0 atom stereocenters. The number of nitrogens with zero attached hydrogens (tertiary/aromatic N) is 5. The monoisotopic (exact) mass is 345 g/mol. The summed E-state index contributed by atoms with van der Waals surface area (Å²) >= 11 is 0. The zero-order chi connectivity index (χ0) is 17.9. The lowest BCUT2D eigenvalue weighted by Gasteiger charge is -2.34. The Balaban J connectivity index is 1.51. The molecule has 1 aliphatic rings. The fraction of sp³-hybridized carbons (Fsp3) is 0.611. The molecule has 0 saturated carbocycles. The Morgan fingerprint density at radius 3 is 2.40 bits per heavy atom. The van der Waals surface area contributed by atoms with Gasteiger partial charge in [0.05, 0.1) is 25.0 Å². The molecule has 1 aliphatic heterocycles. The van der Waals surface area contributed by atoms with Gasteiger partial charge in [-0.3, -0.25) is 14.6 Å². The molecule has 1 saturated heterocycles. The van der Waals surface area contributed by atoms with Gasteiger partial charge in [0.2, 0.25) is 0 Å². The summed E-state index contributed by atoms with van der Waals surface area (Å²) in [5.74, 6) is 0.906. The second kappa shape index (κ2) is 7.49. The van der Waals surface area contributed by atoms with Crippen molar-refractivity contribution < 1.29 is 4.52 Å². The third kappa shape index (κ3) is 4.76. The fourth-order valence-corrected chi connectivity index (χ4v) is 2.96. The van der Waals surface area contributed by atoms with E-state index in [9.17, 15) is 4.79 Å². The van der Waals surface area contributed by atoms with Crippen LogP contribution in [-0.4, -0.2) is 57.5 Å². The normalized spacial score (nSPS) is 17.1. The van der Waals surface area contributed by atoms with Crippen molar-refractivity contribution in [1.82, 2.24) is 24.7 Å². The molecule has 25 heavy (non-hydrogen) atoms. The van der Waals surface area contributed by atoms with Crippen molar-refractivity contribution in [2.45, 2.75) is 39.3 Å². The van der Waals surface area contributed by atoms with Crippen molar-refractivity contribution in [3.63, 3.8) is 0 Å². The summed E-state index contributed by atoms with van der Waals surface area (Å²) in [6.45, 7) is 12.6. The van der Waals surface area contributed by atoms with E-state index in [1.54, 1.807) is 16.9 Å². The minimum atomic E-state index is -0.0538. The predicted molar refractivity (Wildman–Crippen MR) is 95.4 cm³/mol. The van der Waals surface area contributed by atoms with Crippen LogP contribution in [0.4, 0.5) is 0 Å². The quantitative estimate of drug-likeness (QED) is 0.815. The van der Waals surface area contributed by atoms with Crippen LogP contribution in [0.2, 0.25) is 0 Å². The van der Waals surface area contributed by atoms with Crippen LogP contribution < -0.4 is 5.56 Å². The van der Waals surface area contributed by atoms with Gasteiger partial charge in [0.1, 0.15) is 0 Å². The number of aromatic nitrogens is 3. The van der Waals surface area contributed by atoms with E-state index in [0.29, 0.717) is 6.54 Å². The topological polar surface area (TPSA) is 67.4 Å². The Bertz CT molecular complexity index is 725. The molecule has 2 aromatic rings. The number of piperazine rings is 1. The number of rotatable bonds is 5. The molecule has 0 bridgehead atoms. The molecular formula is C18H27N5O2. The molecule has 3 rings (SSSR count). The average Bonchev–Trinajstić information content (AvgIpc) is 3.07. The van der Waals surface area contributed by atoms with Gasteiger partial charge >= 0.3 is 0 Å². The molecule has 0 N–H and O–H groups in total. The largest absolute Gasteiger partial charge is 0.360 e. The molecule has 7 nitrogen and oxygen atoms in total. The van der Waals surface area contributed by atoms with Crippen LogP contribution in [0, 0.1) is 0 Å². The van der Waals surface area contributed by atoms with Crippen LogP contribution in [0.5, 0.6) is 0 Å². The highest BCUT2D eigenvalue weighted by Crippen LogP contribution is 2.18. The summed E-state index contributed by atoms with van der Waals surface area (Å²) in [7, 11) is 0. The van der Waals surface area contributed by atoms with Gasteiger partial charge < -0.3 is 4.52 Å². The molecule has 1 fully saturated rings. The maximum absolute atomic E-state index is 12.1. The van der Waals surface area contributed by atoms with Gasteiger partial charge in [-0.2, -0.15) is 5.10 Å². The van der Waals surface area contributed by atoms with Gasteiger partial charge in [-0.05, 0) is 6.07 Å². The van der Waals surface area contributed by atoms with Gasteiger partial charge in [0.25, 0.3) is 5.56 Å². The standard InChI is InChI=1S/C18H27N5O2/c1-18(2,3)16-4-5-17(24)23(20-16)13-12-21-8-10-22(11-9-21)14-15-6-7-19-25-15/h4-7H,8-14H2,1-3H3. The molecule has 0 radical (unpaired) electrons. The molecule has 3 heterocycles. The summed E-state index contributed by atoms with van der Waals surface area (Å²) in [6.07, 6.45) is 1.68. The fourth-order valence-electron chi connectivity index (χ4n) is 2.96. The zero-order valence-corrected chi connectivity index (χ0v) is 15.3. The van der Waals surface area contributed by atoms with Crippen molar-refractivity contribution in [3.8, 4) is 0 Å². The summed E-state index contributed by atoms with van der Waals surface area (Å²) in [4.78, 5) is 16.8. The van der Waals surface area contributed by atoms with Crippen LogP contribution in [0.15, 0.2) is 33.7 Å². The van der Waals surface area contributed by atoms with Crippen molar-refractivity contribution in [2.24, 2.45) is 0 Å². The SMILES string of the molecule is CC(C)(C)c1ccc(=O)n(CCN2CCN(Cc3ccno3)CC2)n1. The van der Waals surface area contributed by atoms with E-state index < -0.39 is 0 Å². The second-order valence-corrected chi connectivity index (χ2v) is 7.63. The van der Waals surface area contributed by atoms with E-state index in [1.165, 1.54) is 0 Å². The average molecular weight is 345 g/mol. The van der Waals surface area contributed by atoms with Gasteiger partial charge in [-0.25, -0.2) is 4.68 Å². The Kier molecular flexibility index (Phi) is 5.34. The van der Waals surface area contributed by atoms with E-state index in [4.69, 9.17) is 4.52 Å². The summed E-state index contributed by atoms with van der Waals surface area (Å²) in [5.41, 5.74) is 0.864. The number of hydrogen-bond acceptors (Lipinski definition) is 6. The van der Waals surface area contributed by atoms with Gasteiger partial charge in [-0.1, -0.05) is 25.9 Å². The molecule has 2 aromatic heterocycles. The van der Waals surface area contributed by atoms with E-state index >= 15 is 0 Å². The highest BCUT2D eigenvalue weighted by molar-refractivity contribution is 5.10. The van der Waals surface area contributed by atoms with Crippen LogP contribution in [-0.2, 0) is 18.5 Å². The van der Waals surface area contributed by atoms with Crippen LogP contribution in [0.1, 0.15) is 32.2 Å². The molecular weight excluding hydrogens is 318 g/mol. The lowest BCUT2D eigenvalue weighted by Crippen LogP contribution is -2.47. The van der Waals surface area contributed by atoms with E-state index in [0.717, 1.165) is 50.7 Å². The second-order valence-electron chi connectivity index (χ2n) is 7.63. The first-order chi connectivity index (χ1) is 11.9. The molecule has 0 amide bonds. The number of hydrogen-bond donors (Lipinski definition) is 0. The third-order valence-electron chi connectivity index (χ3n) is 4.60. The van der Waals surface area contributed by atoms with Gasteiger partial charge in [0, 0.05) is 50.3 Å². The van der Waals surface area contributed by atoms with Crippen molar-refractivity contribution in [3.05, 3.63) is 46.2 Å². The van der Waals surface area contributed by atoms with E-state index in [2.05, 4.69) is 40.8 Å². The maximum Gasteiger partial charge on any atom is 0.266 e. The van der Waals surface area contributed by atoms with Crippen molar-refractivity contribution >= 4 is 0 Å². The maximum atomic E-state index is 12.1. The highest BCUT2D eigenvalue weighted by Gasteiger charge is 2.19. The van der Waals surface area contributed by atoms with Crippen molar-refractivity contribution in [1.29, 1.82) is 0 Å². The first-order valence-corrected chi connectivity index (χ1v) is 8.85. The van der Waals surface area contributed by atoms with Gasteiger partial charge in [0.15, 0.2) is 5.76 Å². The Morgan fingerprint density at radius 1 is 1.04 bits per heavy atom. The lowest BCUT2D eigenvalue weighted by molar-refractivity contribution is 0.114. The lowest BCUT2D eigenvalue weighted by atomic mass is 9.92. The van der Waals surface area contributed by atoms with E-state index in [-0.39, 0.29) is 11.0 Å². The van der Waals surface area contributed by atoms with Crippen molar-refractivity contribution in [2.75, 3.05) is 32.7 Å². The molecule has 136 valence electrons. The van der Waals surface area contributed by atoms with Crippen LogP contribution in [0.25, 0.3) is 0 Å².